The van der Waals surface area contributed by atoms with E-state index in [2.05, 4.69) is 25.8 Å². The quantitative estimate of drug-likeness (QED) is 0.300. The van der Waals surface area contributed by atoms with Gasteiger partial charge in [-0.15, -0.1) is 0 Å². The van der Waals surface area contributed by atoms with Gasteiger partial charge in [0.15, 0.2) is 5.78 Å². The van der Waals surface area contributed by atoms with Crippen molar-refractivity contribution >= 4 is 27.6 Å². The minimum Gasteiger partial charge on any atom is -0.446 e. The summed E-state index contributed by atoms with van der Waals surface area (Å²) in [5, 5.41) is 9.70. The lowest BCUT2D eigenvalue weighted by Crippen LogP contribution is -2.52. The third-order valence-electron chi connectivity index (χ3n) is 9.18. The molecule has 0 aliphatic carbocycles. The van der Waals surface area contributed by atoms with Crippen LogP contribution >= 0.6 is 0 Å². The highest BCUT2D eigenvalue weighted by atomic mass is 32.2. The topological polar surface area (TPSA) is 123 Å². The van der Waals surface area contributed by atoms with Crippen molar-refractivity contribution in [3.8, 4) is 11.1 Å². The number of anilines is 1. The fourth-order valence-corrected chi connectivity index (χ4v) is 7.36. The Morgan fingerprint density at radius 2 is 1.60 bits per heavy atom. The molecule has 3 aliphatic heterocycles. The number of nitrogens with one attached hydrogen (secondary N) is 3. The molecule has 11 nitrogen and oxygen atoms in total. The summed E-state index contributed by atoms with van der Waals surface area (Å²) in [4.78, 5) is 30.2. The molecule has 2 aromatic carbocycles. The van der Waals surface area contributed by atoms with Crippen LogP contribution in [-0.2, 0) is 19.6 Å². The zero-order valence-corrected chi connectivity index (χ0v) is 27.1. The number of likely N-dealkylation sites (tertiary alicyclic amines) is 1. The van der Waals surface area contributed by atoms with Crippen molar-refractivity contribution in [3.63, 3.8) is 0 Å². The Morgan fingerprint density at radius 1 is 0.889 bits per heavy atom. The highest BCUT2D eigenvalue weighted by molar-refractivity contribution is 7.88. The van der Waals surface area contributed by atoms with Gasteiger partial charge < -0.3 is 25.2 Å². The highest BCUT2D eigenvalue weighted by Gasteiger charge is 2.29. The molecule has 246 valence electrons. The lowest BCUT2D eigenvalue weighted by molar-refractivity contribution is -0.121. The molecular formula is C33H48N6O5S. The van der Waals surface area contributed by atoms with Crippen LogP contribution < -0.4 is 16.0 Å². The van der Waals surface area contributed by atoms with Crippen LogP contribution in [0.3, 0.4) is 0 Å². The summed E-state index contributed by atoms with van der Waals surface area (Å²) < 4.78 is 30.8. The summed E-state index contributed by atoms with van der Waals surface area (Å²) in [6, 6.07) is 17.6. The number of ketones is 1. The van der Waals surface area contributed by atoms with Crippen molar-refractivity contribution in [1.29, 1.82) is 0 Å². The molecule has 0 spiro atoms. The second-order valence-electron chi connectivity index (χ2n) is 12.5. The van der Waals surface area contributed by atoms with Crippen LogP contribution in [0.2, 0.25) is 0 Å². The molecule has 3 saturated heterocycles. The maximum atomic E-state index is 12.8. The minimum atomic E-state index is -3.11. The van der Waals surface area contributed by atoms with Gasteiger partial charge in [-0.3, -0.25) is 10.1 Å². The van der Waals surface area contributed by atoms with Gasteiger partial charge in [-0.2, -0.15) is 4.31 Å². The zero-order chi connectivity index (χ0) is 31.6. The minimum absolute atomic E-state index is 0.102. The van der Waals surface area contributed by atoms with E-state index >= 15 is 0 Å². The van der Waals surface area contributed by atoms with Crippen LogP contribution in [-0.4, -0.2) is 125 Å². The number of carbonyl (C=O) groups excluding carboxylic acids is 2. The standard InChI is InChI=1S/C33H48N6O5S/c1-45(42,43)39-21-19-38(20-22-39)25-26-11-12-31(35-23-26)32(40)24-34-15-18-37-16-13-28(14-17-37)44-33(41)36-30-10-6-5-9-29(30)27-7-3-2-4-8-27/h2-10,26,28,31,34-35H,11-25H2,1H3,(H,36,41). The molecule has 45 heavy (non-hydrogen) atoms. The molecule has 12 heteroatoms. The van der Waals surface area contributed by atoms with Gasteiger partial charge in [-0.05, 0) is 49.8 Å². The Morgan fingerprint density at radius 3 is 2.29 bits per heavy atom. The van der Waals surface area contributed by atoms with Crippen molar-refractivity contribution in [2.45, 2.75) is 37.8 Å². The Labute approximate surface area is 267 Å². The van der Waals surface area contributed by atoms with Gasteiger partial charge in [-0.25, -0.2) is 13.2 Å². The number of hydrogen-bond donors (Lipinski definition) is 3. The Kier molecular flexibility index (Phi) is 12.0. The summed E-state index contributed by atoms with van der Waals surface area (Å²) >= 11 is 0. The first-order valence-corrected chi connectivity index (χ1v) is 18.1. The number of piperazine rings is 1. The molecule has 2 unspecified atom stereocenters. The molecule has 3 N–H and O–H groups in total. The third kappa shape index (κ3) is 10.1. The first-order chi connectivity index (χ1) is 21.7. The normalized spacial score (nSPS) is 22.6. The first-order valence-electron chi connectivity index (χ1n) is 16.2. The fraction of sp³-hybridized carbons (Fsp3) is 0.576. The number of carbonyl (C=O) groups is 2. The van der Waals surface area contributed by atoms with E-state index in [1.165, 1.54) is 6.26 Å². The predicted octanol–water partition coefficient (Wildman–Crippen LogP) is 2.47. The van der Waals surface area contributed by atoms with Gasteiger partial charge in [0.1, 0.15) is 6.10 Å². The number of sulfonamides is 1. The van der Waals surface area contributed by atoms with Crippen LogP contribution in [0.25, 0.3) is 11.1 Å². The molecule has 3 aliphatic rings. The smallest absolute Gasteiger partial charge is 0.411 e. The number of hydrogen-bond acceptors (Lipinski definition) is 9. The lowest BCUT2D eigenvalue weighted by Gasteiger charge is -2.37. The third-order valence-corrected chi connectivity index (χ3v) is 10.5. The van der Waals surface area contributed by atoms with Crippen molar-refractivity contribution < 1.29 is 22.7 Å². The number of ether oxygens (including phenoxy) is 1. The summed E-state index contributed by atoms with van der Waals surface area (Å²) in [7, 11) is -3.11. The maximum absolute atomic E-state index is 12.8. The van der Waals surface area contributed by atoms with E-state index in [9.17, 15) is 18.0 Å². The fourth-order valence-electron chi connectivity index (χ4n) is 6.53. The Balaban J connectivity index is 0.921. The second-order valence-corrected chi connectivity index (χ2v) is 14.5. The summed E-state index contributed by atoms with van der Waals surface area (Å²) in [6.45, 7) is 8.05. The van der Waals surface area contributed by atoms with Crippen LogP contribution in [0.4, 0.5) is 10.5 Å². The van der Waals surface area contributed by atoms with Crippen molar-refractivity contribution in [3.05, 3.63) is 54.6 Å². The predicted molar refractivity (Wildman–Crippen MR) is 177 cm³/mol. The number of para-hydroxylation sites is 1. The van der Waals surface area contributed by atoms with Crippen LogP contribution in [0, 0.1) is 5.92 Å². The number of rotatable bonds is 12. The molecular weight excluding hydrogens is 592 g/mol. The molecule has 1 amide bonds. The number of piperidine rings is 2. The largest absolute Gasteiger partial charge is 0.446 e. The van der Waals surface area contributed by atoms with Crippen LogP contribution in [0.5, 0.6) is 0 Å². The van der Waals surface area contributed by atoms with E-state index in [1.807, 2.05) is 54.6 Å². The molecule has 2 atom stereocenters. The number of Topliss-reactive ketones (excluding diaryl/α,β-unsaturated/α-hetero) is 1. The summed E-state index contributed by atoms with van der Waals surface area (Å²) in [5.41, 5.74) is 2.73. The van der Waals surface area contributed by atoms with Crippen LogP contribution in [0.15, 0.2) is 54.6 Å². The Hall–Kier alpha value is -2.87. The molecule has 3 heterocycles. The van der Waals surface area contributed by atoms with E-state index in [0.717, 1.165) is 94.9 Å². The average Bonchev–Trinajstić information content (AvgIpc) is 3.04. The van der Waals surface area contributed by atoms with Gasteiger partial charge in [0, 0.05) is 64.5 Å². The highest BCUT2D eigenvalue weighted by Crippen LogP contribution is 2.28. The molecule has 3 fully saturated rings. The summed E-state index contributed by atoms with van der Waals surface area (Å²) in [5.74, 6) is 0.692. The molecule has 5 rings (SSSR count). The molecule has 0 bridgehead atoms. The SMILES string of the molecule is CS(=O)(=O)N1CCN(CC2CCC(C(=O)CNCCN3CCC(OC(=O)Nc4ccccc4-c4ccccc4)CC3)NC2)CC1. The number of amides is 1. The first kappa shape index (κ1) is 33.5. The van der Waals surface area contributed by atoms with E-state index in [4.69, 9.17) is 4.74 Å². The number of nitrogens with zero attached hydrogens (tertiary/aromatic N) is 3. The van der Waals surface area contributed by atoms with Gasteiger partial charge in [0.25, 0.3) is 0 Å². The monoisotopic (exact) mass is 640 g/mol. The van der Waals surface area contributed by atoms with E-state index in [0.29, 0.717) is 25.6 Å². The molecule has 2 aromatic rings. The Bertz CT molecular complexity index is 1350. The average molecular weight is 641 g/mol. The van der Waals surface area contributed by atoms with E-state index < -0.39 is 16.1 Å². The lowest BCUT2D eigenvalue weighted by atomic mass is 9.92. The van der Waals surface area contributed by atoms with Crippen molar-refractivity contribution in [1.82, 2.24) is 24.7 Å². The van der Waals surface area contributed by atoms with E-state index in [-0.39, 0.29) is 17.9 Å². The molecule has 0 aromatic heterocycles. The zero-order valence-electron chi connectivity index (χ0n) is 26.3. The van der Waals surface area contributed by atoms with Crippen LogP contribution in [0.1, 0.15) is 25.7 Å². The van der Waals surface area contributed by atoms with Gasteiger partial charge in [0.2, 0.25) is 10.0 Å². The van der Waals surface area contributed by atoms with Crippen molar-refractivity contribution in [2.75, 3.05) is 83.6 Å². The van der Waals surface area contributed by atoms with E-state index in [1.54, 1.807) is 4.31 Å². The number of benzene rings is 2. The van der Waals surface area contributed by atoms with Crippen molar-refractivity contribution in [2.24, 2.45) is 5.92 Å². The molecule has 0 saturated carbocycles. The van der Waals surface area contributed by atoms with Gasteiger partial charge >= 0.3 is 6.09 Å². The van der Waals surface area contributed by atoms with Gasteiger partial charge in [0.05, 0.1) is 24.5 Å². The maximum Gasteiger partial charge on any atom is 0.411 e. The van der Waals surface area contributed by atoms with Gasteiger partial charge in [-0.1, -0.05) is 48.5 Å². The molecule has 0 radical (unpaired) electrons. The summed E-state index contributed by atoms with van der Waals surface area (Å²) in [6.07, 6.45) is 4.15. The second kappa shape index (κ2) is 16.1.